The molecule has 0 N–H and O–H groups in total. The summed E-state index contributed by atoms with van der Waals surface area (Å²) in [7, 11) is 0. The normalized spacial score (nSPS) is 19.9. The molecule has 1 aromatic carbocycles. The van der Waals surface area contributed by atoms with Crippen LogP contribution in [0.3, 0.4) is 0 Å². The van der Waals surface area contributed by atoms with Crippen molar-refractivity contribution in [1.82, 2.24) is 15.3 Å². The van der Waals surface area contributed by atoms with Crippen molar-refractivity contribution >= 4 is 11.8 Å². The third-order valence-corrected chi connectivity index (χ3v) is 4.34. The Hall–Kier alpha value is -2.76. The number of rotatable bonds is 3. The van der Waals surface area contributed by atoms with E-state index in [0.717, 1.165) is 29.7 Å². The summed E-state index contributed by atoms with van der Waals surface area (Å²) in [4.78, 5) is 5.76. The van der Waals surface area contributed by atoms with Gasteiger partial charge in [-0.25, -0.2) is 9.37 Å². The summed E-state index contributed by atoms with van der Waals surface area (Å²) in [5.74, 6) is -0.474. The first kappa shape index (κ1) is 14.8. The highest BCUT2D eigenvalue weighted by atomic mass is 19.1. The van der Waals surface area contributed by atoms with Crippen LogP contribution in [-0.4, -0.2) is 22.6 Å². The Morgan fingerprint density at radius 3 is 2.71 bits per heavy atom. The maximum Gasteiger partial charge on any atom is 0.213 e. The second-order valence-corrected chi connectivity index (χ2v) is 5.80. The molecule has 24 heavy (non-hydrogen) atoms. The van der Waals surface area contributed by atoms with Crippen LogP contribution < -0.4 is 5.43 Å². The lowest BCUT2D eigenvalue weighted by Crippen LogP contribution is -2.27. The number of pyridine rings is 1. The smallest absolute Gasteiger partial charge is 0.213 e. The first-order valence-electron chi connectivity index (χ1n) is 7.86. The summed E-state index contributed by atoms with van der Waals surface area (Å²) in [5, 5.41) is 4.03. The Balaban J connectivity index is 1.74. The van der Waals surface area contributed by atoms with Gasteiger partial charge in [0.05, 0.1) is 12.3 Å². The van der Waals surface area contributed by atoms with Gasteiger partial charge >= 0.3 is 0 Å². The number of hydrogen-bond donors (Lipinski definition) is 0. The average Bonchev–Trinajstić information content (AvgIpc) is 3.26. The Bertz CT molecular complexity index is 817. The van der Waals surface area contributed by atoms with Crippen LogP contribution in [0.5, 0.6) is 0 Å². The molecular formula is C18H15F2N4. The molecule has 1 atom stereocenters. The number of hydrogen-bond acceptors (Lipinski definition) is 3. The molecule has 1 radical (unpaired) electrons. The van der Waals surface area contributed by atoms with Gasteiger partial charge in [-0.1, -0.05) is 30.3 Å². The van der Waals surface area contributed by atoms with Gasteiger partial charge in [-0.2, -0.15) is 9.49 Å². The summed E-state index contributed by atoms with van der Waals surface area (Å²) in [6, 6.07) is 11.6. The highest BCUT2D eigenvalue weighted by Crippen LogP contribution is 2.37. The van der Waals surface area contributed by atoms with Crippen LogP contribution in [0.2, 0.25) is 0 Å². The third kappa shape index (κ3) is 2.54. The predicted octanol–water partition coefficient (Wildman–Crippen LogP) is 3.47. The Morgan fingerprint density at radius 1 is 1.04 bits per heavy atom. The average molecular weight is 325 g/mol. The van der Waals surface area contributed by atoms with Crippen LogP contribution in [0.4, 0.5) is 8.78 Å². The lowest BCUT2D eigenvalue weighted by Gasteiger charge is -2.27. The Labute approximate surface area is 138 Å². The van der Waals surface area contributed by atoms with Crippen LogP contribution in [0.15, 0.2) is 53.4 Å². The predicted molar refractivity (Wildman–Crippen MR) is 86.8 cm³/mol. The van der Waals surface area contributed by atoms with Gasteiger partial charge in [0.2, 0.25) is 5.95 Å². The highest BCUT2D eigenvalue weighted by molar-refractivity contribution is 6.12. The fraction of sp³-hybridized carbons (Fsp3) is 0.222. The molecule has 0 unspecified atom stereocenters. The number of likely N-dealkylation sites (tertiary alicyclic amines) is 1. The van der Waals surface area contributed by atoms with Crippen molar-refractivity contribution in [3.05, 3.63) is 71.3 Å². The summed E-state index contributed by atoms with van der Waals surface area (Å²) < 4.78 is 27.7. The minimum Gasteiger partial charge on any atom is -0.346 e. The van der Waals surface area contributed by atoms with E-state index in [-0.39, 0.29) is 11.7 Å². The zero-order valence-electron chi connectivity index (χ0n) is 12.9. The van der Waals surface area contributed by atoms with Crippen molar-refractivity contribution in [1.29, 1.82) is 0 Å². The van der Waals surface area contributed by atoms with E-state index in [1.54, 1.807) is 6.21 Å². The Kier molecular flexibility index (Phi) is 3.72. The minimum atomic E-state index is -0.671. The second-order valence-electron chi connectivity index (χ2n) is 5.80. The molecule has 0 spiro atoms. The van der Waals surface area contributed by atoms with Gasteiger partial charge in [-0.15, -0.1) is 5.43 Å². The van der Waals surface area contributed by atoms with Gasteiger partial charge in [-0.05, 0) is 30.5 Å². The summed E-state index contributed by atoms with van der Waals surface area (Å²) in [6.45, 7) is 0.709. The second kappa shape index (κ2) is 6.03. The molecule has 6 heteroatoms. The SMILES string of the molecule is Fc1ccc(F)c([C@H]2CCCN2C2=C(c3ccccc3)C=N[N]2)n1. The zero-order valence-corrected chi connectivity index (χ0v) is 12.9. The van der Waals surface area contributed by atoms with Crippen molar-refractivity contribution in [2.45, 2.75) is 18.9 Å². The fourth-order valence-corrected chi connectivity index (χ4v) is 3.26. The van der Waals surface area contributed by atoms with Crippen molar-refractivity contribution in [2.24, 2.45) is 5.10 Å². The molecule has 2 aromatic rings. The summed E-state index contributed by atoms with van der Waals surface area (Å²) in [6.07, 6.45) is 3.27. The van der Waals surface area contributed by atoms with E-state index in [0.29, 0.717) is 18.8 Å². The first-order chi connectivity index (χ1) is 11.7. The van der Waals surface area contributed by atoms with E-state index < -0.39 is 11.8 Å². The number of halogens is 2. The lowest BCUT2D eigenvalue weighted by atomic mass is 10.1. The van der Waals surface area contributed by atoms with Crippen LogP contribution >= 0.6 is 0 Å². The molecule has 121 valence electrons. The van der Waals surface area contributed by atoms with Gasteiger partial charge in [-0.3, -0.25) is 0 Å². The highest BCUT2D eigenvalue weighted by Gasteiger charge is 2.34. The molecule has 1 aromatic heterocycles. The molecule has 0 bridgehead atoms. The van der Waals surface area contributed by atoms with Gasteiger partial charge in [0, 0.05) is 12.1 Å². The van der Waals surface area contributed by atoms with Crippen molar-refractivity contribution in [3.8, 4) is 0 Å². The van der Waals surface area contributed by atoms with Gasteiger partial charge in [0.1, 0.15) is 11.5 Å². The summed E-state index contributed by atoms with van der Waals surface area (Å²) >= 11 is 0. The van der Waals surface area contributed by atoms with E-state index in [9.17, 15) is 8.78 Å². The monoisotopic (exact) mass is 325 g/mol. The molecule has 2 aliphatic heterocycles. The molecule has 4 nitrogen and oxygen atoms in total. The van der Waals surface area contributed by atoms with E-state index in [1.807, 2.05) is 35.2 Å². The number of allylic oxidation sites excluding steroid dienone is 1. The van der Waals surface area contributed by atoms with Gasteiger partial charge in [0.15, 0.2) is 5.82 Å². The first-order valence-corrected chi connectivity index (χ1v) is 7.86. The quantitative estimate of drug-likeness (QED) is 0.811. The van der Waals surface area contributed by atoms with E-state index in [1.165, 1.54) is 0 Å². The van der Waals surface area contributed by atoms with Crippen LogP contribution in [0.25, 0.3) is 5.57 Å². The van der Waals surface area contributed by atoms with Crippen molar-refractivity contribution in [3.63, 3.8) is 0 Å². The molecule has 4 rings (SSSR count). The standard InChI is InChI=1S/C18H15F2N4/c19-14-8-9-16(20)22-17(14)15-7-4-10-24(15)18-13(11-21-23-18)12-5-2-1-3-6-12/h1-3,5-6,8-9,11,15H,4,7,10H2/t15-/m1/s1. The number of nitrogens with zero attached hydrogens (tertiary/aromatic N) is 4. The number of aromatic nitrogens is 1. The molecule has 0 aliphatic carbocycles. The maximum atomic E-state index is 14.2. The molecule has 2 aliphatic rings. The molecule has 0 saturated carbocycles. The van der Waals surface area contributed by atoms with Crippen LogP contribution in [-0.2, 0) is 0 Å². The van der Waals surface area contributed by atoms with Gasteiger partial charge in [0.25, 0.3) is 0 Å². The molecule has 1 fully saturated rings. The molecular weight excluding hydrogens is 310 g/mol. The van der Waals surface area contributed by atoms with Crippen molar-refractivity contribution < 1.29 is 8.78 Å². The van der Waals surface area contributed by atoms with E-state index >= 15 is 0 Å². The zero-order chi connectivity index (χ0) is 16.5. The van der Waals surface area contributed by atoms with Crippen LogP contribution in [0, 0.1) is 11.8 Å². The topological polar surface area (TPSA) is 42.6 Å². The minimum absolute atomic E-state index is 0.134. The molecule has 0 amide bonds. The number of benzene rings is 1. The van der Waals surface area contributed by atoms with Crippen molar-refractivity contribution in [2.75, 3.05) is 6.54 Å². The van der Waals surface area contributed by atoms with E-state index in [2.05, 4.69) is 15.5 Å². The molecule has 1 saturated heterocycles. The van der Waals surface area contributed by atoms with Gasteiger partial charge < -0.3 is 4.90 Å². The maximum absolute atomic E-state index is 14.2. The third-order valence-electron chi connectivity index (χ3n) is 4.34. The largest absolute Gasteiger partial charge is 0.346 e. The van der Waals surface area contributed by atoms with Crippen LogP contribution in [0.1, 0.15) is 30.1 Å². The lowest BCUT2D eigenvalue weighted by molar-refractivity contribution is 0.292. The summed E-state index contributed by atoms with van der Waals surface area (Å²) in [5.41, 5.74) is 6.25. The van der Waals surface area contributed by atoms with E-state index in [4.69, 9.17) is 0 Å². The Morgan fingerprint density at radius 2 is 1.88 bits per heavy atom. The fourth-order valence-electron chi connectivity index (χ4n) is 3.26. The molecule has 3 heterocycles.